The second-order valence-electron chi connectivity index (χ2n) is 4.20. The summed E-state index contributed by atoms with van der Waals surface area (Å²) in [6.45, 7) is 5.33. The van der Waals surface area contributed by atoms with Gasteiger partial charge >= 0.3 is 0 Å². The molecule has 0 atom stereocenters. The molecule has 4 nitrogen and oxygen atoms in total. The maximum absolute atomic E-state index is 4.17. The first-order valence-electron chi connectivity index (χ1n) is 4.32. The van der Waals surface area contributed by atoms with Crippen molar-refractivity contribution < 1.29 is 0 Å². The third-order valence-electron chi connectivity index (χ3n) is 1.95. The van der Waals surface area contributed by atoms with Crippen molar-refractivity contribution in [3.8, 4) is 0 Å². The van der Waals surface area contributed by atoms with E-state index in [0.717, 1.165) is 12.2 Å². The van der Waals surface area contributed by atoms with Crippen LogP contribution in [-0.4, -0.2) is 39.9 Å². The topological polar surface area (TPSA) is 34.0 Å². The molecule has 80 valence electrons. The average molecular weight is 326 g/mol. The highest BCUT2D eigenvalue weighted by Gasteiger charge is 2.24. The Kier molecular flexibility index (Phi) is 4.20. The number of likely N-dealkylation sites (N-methyl/N-ethyl adjacent to an activating group) is 1. The number of aromatic nitrogens is 3. The minimum Gasteiger partial charge on any atom is -0.308 e. The molecule has 14 heavy (non-hydrogen) atoms. The van der Waals surface area contributed by atoms with Crippen LogP contribution in [0.25, 0.3) is 0 Å². The van der Waals surface area contributed by atoms with Crippen molar-refractivity contribution in [2.45, 2.75) is 19.3 Å². The van der Waals surface area contributed by atoms with Gasteiger partial charge in [0.25, 0.3) is 0 Å². The van der Waals surface area contributed by atoms with Crippen LogP contribution in [0.1, 0.15) is 19.5 Å². The summed E-state index contributed by atoms with van der Waals surface area (Å²) < 4.78 is 1.77. The van der Waals surface area contributed by atoms with Crippen LogP contribution in [0.4, 0.5) is 0 Å². The molecule has 0 bridgehead atoms. The molecule has 0 saturated heterocycles. The first-order chi connectivity index (χ1) is 6.45. The van der Waals surface area contributed by atoms with E-state index in [9.17, 15) is 0 Å². The van der Waals surface area contributed by atoms with Crippen LogP contribution in [0, 0.1) is 0 Å². The highest BCUT2D eigenvalue weighted by molar-refractivity contribution is 14.2. The molecule has 0 amide bonds. The van der Waals surface area contributed by atoms with Crippen molar-refractivity contribution in [2.24, 2.45) is 0 Å². The van der Waals surface area contributed by atoms with Crippen LogP contribution >= 0.6 is 30.3 Å². The predicted molar refractivity (Wildman–Crippen MR) is 68.6 cm³/mol. The van der Waals surface area contributed by atoms with E-state index in [-0.39, 0.29) is 5.41 Å². The van der Waals surface area contributed by atoms with Crippen LogP contribution in [0.2, 0.25) is 0 Å². The third kappa shape index (κ3) is 3.09. The summed E-state index contributed by atoms with van der Waals surface area (Å²) in [7, 11) is 5.66. The van der Waals surface area contributed by atoms with Crippen molar-refractivity contribution in [1.82, 2.24) is 19.3 Å². The van der Waals surface area contributed by atoms with Crippen molar-refractivity contribution in [3.05, 3.63) is 11.9 Å². The molecular weight excluding hydrogens is 311 g/mol. The summed E-state index contributed by atoms with van der Waals surface area (Å²) >= 11 is 2.19. The monoisotopic (exact) mass is 326 g/mol. The molecule has 0 aliphatic carbocycles. The van der Waals surface area contributed by atoms with Gasteiger partial charge in [0.15, 0.2) is 0 Å². The Balaban J connectivity index is 2.80. The van der Waals surface area contributed by atoms with Gasteiger partial charge in [-0.05, 0) is 14.1 Å². The smallest absolute Gasteiger partial charge is 0.0907 e. The van der Waals surface area contributed by atoms with E-state index in [0.29, 0.717) is 0 Å². The van der Waals surface area contributed by atoms with E-state index in [1.165, 1.54) is 9.12 Å². The van der Waals surface area contributed by atoms with Crippen molar-refractivity contribution in [1.29, 1.82) is 0 Å². The number of rotatable bonds is 4. The van der Waals surface area contributed by atoms with Crippen LogP contribution in [0.5, 0.6) is 0 Å². The molecule has 0 aromatic carbocycles. The van der Waals surface area contributed by atoms with Gasteiger partial charge in [0, 0.05) is 42.3 Å². The summed E-state index contributed by atoms with van der Waals surface area (Å²) in [5, 5.41) is 8.18. The zero-order chi connectivity index (χ0) is 10.8. The largest absolute Gasteiger partial charge is 0.308 e. The van der Waals surface area contributed by atoms with Gasteiger partial charge in [-0.25, -0.2) is 0 Å². The lowest BCUT2D eigenvalue weighted by atomic mass is 9.89. The van der Waals surface area contributed by atoms with Gasteiger partial charge in [-0.1, -0.05) is 19.1 Å². The third-order valence-corrected chi connectivity index (χ3v) is 3.48. The standard InChI is InChI=1S/C8H15IN4S/c1-8(2,6-12(3)4)7-5-13(14-9)11-10-7/h5H,6H2,1-4H3. The summed E-state index contributed by atoms with van der Waals surface area (Å²) in [5.74, 6) is 0. The summed E-state index contributed by atoms with van der Waals surface area (Å²) in [6, 6.07) is 0. The normalized spacial score (nSPS) is 12.4. The molecule has 0 aliphatic rings. The minimum atomic E-state index is 0.0497. The molecule has 0 saturated carbocycles. The summed E-state index contributed by atoms with van der Waals surface area (Å²) in [6.07, 6.45) is 1.99. The zero-order valence-electron chi connectivity index (χ0n) is 8.86. The van der Waals surface area contributed by atoms with E-state index < -0.39 is 0 Å². The zero-order valence-corrected chi connectivity index (χ0v) is 11.8. The van der Waals surface area contributed by atoms with Crippen molar-refractivity contribution in [2.75, 3.05) is 20.6 Å². The molecule has 1 heterocycles. The van der Waals surface area contributed by atoms with Gasteiger partial charge in [-0.3, -0.25) is 0 Å². The van der Waals surface area contributed by atoms with E-state index in [1.807, 2.05) is 6.20 Å². The van der Waals surface area contributed by atoms with Crippen LogP contribution in [-0.2, 0) is 5.41 Å². The Morgan fingerprint density at radius 1 is 1.57 bits per heavy atom. The Morgan fingerprint density at radius 2 is 2.21 bits per heavy atom. The Morgan fingerprint density at radius 3 is 2.64 bits per heavy atom. The van der Waals surface area contributed by atoms with Crippen molar-refractivity contribution >= 4 is 30.3 Å². The minimum absolute atomic E-state index is 0.0497. The SMILES string of the molecule is CN(C)CC(C)(C)c1cn(SI)nn1. The molecule has 1 rings (SSSR count). The second kappa shape index (κ2) is 4.80. The number of hydrogen-bond acceptors (Lipinski definition) is 4. The first kappa shape index (κ1) is 12.3. The van der Waals surface area contributed by atoms with Crippen LogP contribution < -0.4 is 0 Å². The highest BCUT2D eigenvalue weighted by atomic mass is 127. The summed E-state index contributed by atoms with van der Waals surface area (Å²) in [4.78, 5) is 2.16. The molecule has 6 heteroatoms. The molecule has 0 aliphatic heterocycles. The average Bonchev–Trinajstić information content (AvgIpc) is 2.49. The predicted octanol–water partition coefficient (Wildman–Crippen LogP) is 1.96. The Labute approximate surface area is 101 Å². The first-order valence-corrected chi connectivity index (χ1v) is 7.64. The van der Waals surface area contributed by atoms with E-state index >= 15 is 0 Å². The lowest BCUT2D eigenvalue weighted by Gasteiger charge is -2.25. The molecular formula is C8H15IN4S. The summed E-state index contributed by atoms with van der Waals surface area (Å²) in [5.41, 5.74) is 1.09. The Hall–Kier alpha value is 0.180. The van der Waals surface area contributed by atoms with Gasteiger partial charge in [-0.15, -0.1) is 5.10 Å². The molecule has 0 fully saturated rings. The maximum atomic E-state index is 4.17. The number of halogens is 1. The van der Waals surface area contributed by atoms with Crippen LogP contribution in [0.15, 0.2) is 6.20 Å². The van der Waals surface area contributed by atoms with Gasteiger partial charge in [0.1, 0.15) is 0 Å². The molecule has 0 N–H and O–H groups in total. The second-order valence-corrected chi connectivity index (χ2v) is 5.89. The maximum Gasteiger partial charge on any atom is 0.0907 e. The van der Waals surface area contributed by atoms with Crippen molar-refractivity contribution in [3.63, 3.8) is 0 Å². The van der Waals surface area contributed by atoms with E-state index in [2.05, 4.69) is 64.4 Å². The molecule has 0 unspecified atom stereocenters. The highest BCUT2D eigenvalue weighted by Crippen LogP contribution is 2.23. The van der Waals surface area contributed by atoms with E-state index in [4.69, 9.17) is 0 Å². The van der Waals surface area contributed by atoms with Gasteiger partial charge in [0.05, 0.1) is 11.9 Å². The fraction of sp³-hybridized carbons (Fsp3) is 0.750. The van der Waals surface area contributed by atoms with Gasteiger partial charge < -0.3 is 4.90 Å². The fourth-order valence-corrected chi connectivity index (χ4v) is 2.25. The molecule has 0 spiro atoms. The van der Waals surface area contributed by atoms with Gasteiger partial charge in [-0.2, -0.15) is 4.09 Å². The number of hydrogen-bond donors (Lipinski definition) is 0. The number of nitrogens with zero attached hydrogens (tertiary/aromatic N) is 4. The molecule has 0 radical (unpaired) electrons. The quantitative estimate of drug-likeness (QED) is 0.792. The lowest BCUT2D eigenvalue weighted by molar-refractivity contribution is 0.310. The molecule has 1 aromatic heterocycles. The van der Waals surface area contributed by atoms with Crippen LogP contribution in [0.3, 0.4) is 0 Å². The Bertz CT molecular complexity index is 297. The van der Waals surface area contributed by atoms with E-state index in [1.54, 1.807) is 4.09 Å². The molecule has 1 aromatic rings. The fourth-order valence-electron chi connectivity index (χ4n) is 1.46. The lowest BCUT2D eigenvalue weighted by Crippen LogP contribution is -2.32. The van der Waals surface area contributed by atoms with Gasteiger partial charge in [0.2, 0.25) is 0 Å².